The third kappa shape index (κ3) is 7.13. The van der Waals surface area contributed by atoms with Crippen LogP contribution in [0, 0.1) is 17.8 Å². The molecule has 0 aromatic heterocycles. The minimum absolute atomic E-state index is 0.129. The van der Waals surface area contributed by atoms with Crippen LogP contribution in [0.15, 0.2) is 115 Å². The predicted molar refractivity (Wildman–Crippen MR) is 225 cm³/mol. The first kappa shape index (κ1) is 38.8. The first-order chi connectivity index (χ1) is 29.0. The van der Waals surface area contributed by atoms with Gasteiger partial charge in [0.25, 0.3) is 0 Å². The van der Waals surface area contributed by atoms with E-state index >= 15 is 14.4 Å². The Morgan fingerprint density at radius 2 is 1.51 bits per heavy atom. The number of hydrogen-bond acceptors (Lipinski definition) is 7. The number of fused-ring (bicyclic) bond motifs is 3. The van der Waals surface area contributed by atoms with Crippen LogP contribution < -0.4 is 10.1 Å². The van der Waals surface area contributed by atoms with Gasteiger partial charge >= 0.3 is 5.97 Å². The van der Waals surface area contributed by atoms with Crippen LogP contribution in [0.4, 0.5) is 5.69 Å². The minimum atomic E-state index is -1.56. The number of aliphatic hydroxyl groups is 1. The molecule has 2 N–H and O–H groups in total. The average Bonchev–Trinajstić information content (AvgIpc) is 3.74. The molecule has 4 aromatic rings. The lowest BCUT2D eigenvalue weighted by molar-refractivity contribution is -0.179. The number of carbonyl (C=O) groups is 3. The summed E-state index contributed by atoms with van der Waals surface area (Å²) in [5, 5.41) is 12.7. The molecular formula is C50H51N3O6. The number of ether oxygens (including phenoxy) is 2. The SMILES string of the molecule is O=C1OC(c2ccccc2)C(c2ccccc2)N2C1C(C(=O)N1CCCCCCC1)C1(C(=O)Nc3ccc(C#CC4=CCCCC4)cc31)C2c1ccc(OCCO)cc1. The summed E-state index contributed by atoms with van der Waals surface area (Å²) in [7, 11) is 0. The van der Waals surface area contributed by atoms with Crippen molar-refractivity contribution < 1.29 is 29.0 Å². The van der Waals surface area contributed by atoms with E-state index in [0.717, 1.165) is 85.6 Å². The zero-order valence-electron chi connectivity index (χ0n) is 33.4. The molecule has 3 fully saturated rings. The second-order valence-electron chi connectivity index (χ2n) is 16.4. The number of morpholine rings is 1. The van der Waals surface area contributed by atoms with Crippen LogP contribution in [0.1, 0.15) is 104 Å². The monoisotopic (exact) mass is 789 g/mol. The normalized spacial score (nSPS) is 26.6. The molecule has 1 spiro atoms. The molecule has 1 aliphatic carbocycles. The Labute approximate surface area is 346 Å². The Kier molecular flexibility index (Phi) is 11.1. The van der Waals surface area contributed by atoms with Crippen molar-refractivity contribution in [3.63, 3.8) is 0 Å². The molecule has 9 nitrogen and oxygen atoms in total. The molecule has 4 aliphatic heterocycles. The third-order valence-electron chi connectivity index (χ3n) is 13.0. The second-order valence-corrected chi connectivity index (χ2v) is 16.4. The number of nitrogens with zero attached hydrogens (tertiary/aromatic N) is 2. The largest absolute Gasteiger partial charge is 0.491 e. The van der Waals surface area contributed by atoms with Gasteiger partial charge in [-0.3, -0.25) is 19.3 Å². The van der Waals surface area contributed by atoms with Crippen LogP contribution >= 0.6 is 0 Å². The van der Waals surface area contributed by atoms with Crippen molar-refractivity contribution in [3.05, 3.63) is 143 Å². The molecule has 3 saturated heterocycles. The quantitative estimate of drug-likeness (QED) is 0.145. The van der Waals surface area contributed by atoms with Crippen LogP contribution in [-0.4, -0.2) is 65.0 Å². The van der Waals surface area contributed by atoms with E-state index in [1.807, 2.05) is 108 Å². The Hall–Kier alpha value is -5.69. The lowest BCUT2D eigenvalue weighted by Crippen LogP contribution is -2.55. The summed E-state index contributed by atoms with van der Waals surface area (Å²) in [4.78, 5) is 50.6. The number of esters is 1. The van der Waals surface area contributed by atoms with Crippen LogP contribution in [-0.2, 0) is 24.5 Å². The van der Waals surface area contributed by atoms with Gasteiger partial charge in [0.1, 0.15) is 29.9 Å². The van der Waals surface area contributed by atoms with Crippen molar-refractivity contribution in [2.45, 2.75) is 87.4 Å². The lowest BCUT2D eigenvalue weighted by Gasteiger charge is -2.46. The highest BCUT2D eigenvalue weighted by Gasteiger charge is 2.74. The molecule has 302 valence electrons. The van der Waals surface area contributed by atoms with Crippen LogP contribution in [0.3, 0.4) is 0 Å². The number of cyclic esters (lactones) is 1. The van der Waals surface area contributed by atoms with E-state index in [1.165, 1.54) is 0 Å². The molecule has 5 aliphatic rings. The highest BCUT2D eigenvalue weighted by molar-refractivity contribution is 6.12. The Bertz CT molecular complexity index is 2270. The number of aliphatic hydroxyl groups excluding tert-OH is 1. The van der Waals surface area contributed by atoms with E-state index in [0.29, 0.717) is 30.1 Å². The molecule has 0 bridgehead atoms. The maximum absolute atomic E-state index is 15.8. The topological polar surface area (TPSA) is 108 Å². The smallest absolute Gasteiger partial charge is 0.324 e. The van der Waals surface area contributed by atoms with Crippen molar-refractivity contribution in [1.29, 1.82) is 0 Å². The van der Waals surface area contributed by atoms with Crippen molar-refractivity contribution in [1.82, 2.24) is 9.80 Å². The van der Waals surface area contributed by atoms with E-state index < -0.39 is 41.5 Å². The number of amides is 2. The molecule has 4 heterocycles. The second kappa shape index (κ2) is 16.9. The summed E-state index contributed by atoms with van der Waals surface area (Å²) in [6, 6.07) is 30.6. The van der Waals surface area contributed by atoms with Gasteiger partial charge in [-0.05, 0) is 96.7 Å². The Morgan fingerprint density at radius 1 is 0.797 bits per heavy atom. The van der Waals surface area contributed by atoms with Gasteiger partial charge < -0.3 is 24.8 Å². The zero-order chi connectivity index (χ0) is 40.3. The molecular weight excluding hydrogens is 739 g/mol. The maximum atomic E-state index is 15.8. The number of carbonyl (C=O) groups excluding carboxylic acids is 3. The Morgan fingerprint density at radius 3 is 2.20 bits per heavy atom. The van der Waals surface area contributed by atoms with Crippen molar-refractivity contribution in [3.8, 4) is 17.6 Å². The molecule has 2 amide bonds. The molecule has 6 atom stereocenters. The average molecular weight is 790 g/mol. The fraction of sp³-hybridized carbons (Fsp3) is 0.380. The van der Waals surface area contributed by atoms with E-state index in [9.17, 15) is 5.11 Å². The molecule has 4 aromatic carbocycles. The van der Waals surface area contributed by atoms with Crippen molar-refractivity contribution in [2.75, 3.05) is 31.6 Å². The van der Waals surface area contributed by atoms with Gasteiger partial charge in [0, 0.05) is 24.3 Å². The summed E-state index contributed by atoms with van der Waals surface area (Å²) < 4.78 is 12.4. The summed E-state index contributed by atoms with van der Waals surface area (Å²) in [5.74, 6) is 5.19. The first-order valence-electron chi connectivity index (χ1n) is 21.4. The number of allylic oxidation sites excluding steroid dienone is 2. The number of rotatable bonds is 7. The van der Waals surface area contributed by atoms with Crippen LogP contribution in [0.25, 0.3) is 0 Å². The summed E-state index contributed by atoms with van der Waals surface area (Å²) in [6.07, 6.45) is 10.6. The molecule has 0 radical (unpaired) electrons. The van der Waals surface area contributed by atoms with Gasteiger partial charge in [0.15, 0.2) is 0 Å². The lowest BCUT2D eigenvalue weighted by atomic mass is 9.65. The number of benzene rings is 4. The molecule has 0 saturated carbocycles. The predicted octanol–water partition coefficient (Wildman–Crippen LogP) is 7.97. The van der Waals surface area contributed by atoms with E-state index in [1.54, 1.807) is 0 Å². The minimum Gasteiger partial charge on any atom is -0.491 e. The molecule has 6 unspecified atom stereocenters. The molecule has 9 heteroatoms. The third-order valence-corrected chi connectivity index (χ3v) is 13.0. The van der Waals surface area contributed by atoms with Crippen LogP contribution in [0.2, 0.25) is 0 Å². The number of anilines is 1. The summed E-state index contributed by atoms with van der Waals surface area (Å²) in [5.41, 5.74) is 4.04. The zero-order valence-corrected chi connectivity index (χ0v) is 33.4. The van der Waals surface area contributed by atoms with Gasteiger partial charge in [0.05, 0.1) is 24.6 Å². The van der Waals surface area contributed by atoms with E-state index in [2.05, 4.69) is 28.1 Å². The summed E-state index contributed by atoms with van der Waals surface area (Å²) in [6.45, 7) is 1.10. The van der Waals surface area contributed by atoms with Gasteiger partial charge in [-0.1, -0.05) is 110 Å². The van der Waals surface area contributed by atoms with E-state index in [-0.39, 0.29) is 25.0 Å². The van der Waals surface area contributed by atoms with Crippen molar-refractivity contribution >= 4 is 23.5 Å². The number of hydrogen-bond donors (Lipinski definition) is 2. The van der Waals surface area contributed by atoms with E-state index in [4.69, 9.17) is 9.47 Å². The number of nitrogens with one attached hydrogen (secondary N) is 1. The fourth-order valence-electron chi connectivity index (χ4n) is 10.3. The van der Waals surface area contributed by atoms with Gasteiger partial charge in [0.2, 0.25) is 11.8 Å². The van der Waals surface area contributed by atoms with Gasteiger partial charge in [-0.2, -0.15) is 0 Å². The highest BCUT2D eigenvalue weighted by Crippen LogP contribution is 2.65. The molecule has 59 heavy (non-hydrogen) atoms. The Balaban J connectivity index is 1.31. The van der Waals surface area contributed by atoms with Gasteiger partial charge in [-0.15, -0.1) is 0 Å². The van der Waals surface area contributed by atoms with Gasteiger partial charge in [-0.25, -0.2) is 0 Å². The highest BCUT2D eigenvalue weighted by atomic mass is 16.6. The fourth-order valence-corrected chi connectivity index (χ4v) is 10.3. The molecule has 9 rings (SSSR count). The number of likely N-dealkylation sites (tertiary alicyclic amines) is 1. The van der Waals surface area contributed by atoms with Crippen molar-refractivity contribution in [2.24, 2.45) is 5.92 Å². The summed E-state index contributed by atoms with van der Waals surface area (Å²) >= 11 is 0. The van der Waals surface area contributed by atoms with Crippen LogP contribution in [0.5, 0.6) is 5.75 Å². The standard InChI is InChI=1S/C50H51N3O6/c54-31-32-58-39-26-24-38(25-27-39)46-50(40-33-35(23-28-41(40)51-49(50)57)22-21-34-15-7-4-8-16-34)42(47(55)52-29-13-2-1-3-14-30-52)44-48(56)59-45(37-19-11-6-12-20-37)43(53(44)46)36-17-9-5-10-18-36/h5-6,9-12,15,17-20,23-28,33,42-46,54H,1-4,7-8,13-14,16,29-32H2,(H,51,57). The first-order valence-corrected chi connectivity index (χ1v) is 21.4. The maximum Gasteiger partial charge on any atom is 0.324 e.